The van der Waals surface area contributed by atoms with Crippen molar-refractivity contribution in [2.75, 3.05) is 6.54 Å². The number of carbonyl (C=O) groups is 2. The van der Waals surface area contributed by atoms with E-state index in [9.17, 15) is 9.59 Å². The Labute approximate surface area is 90.0 Å². The highest BCUT2D eigenvalue weighted by Gasteiger charge is 2.20. The molecule has 0 saturated heterocycles. The molecular weight excluding hydrogens is 196 g/mol. The SMILES string of the molecule is CCC(NC(=O)C(C)CCCN)C(=O)O. The van der Waals surface area contributed by atoms with Crippen molar-refractivity contribution in [1.29, 1.82) is 0 Å². The van der Waals surface area contributed by atoms with Crippen LogP contribution < -0.4 is 11.1 Å². The van der Waals surface area contributed by atoms with Crippen molar-refractivity contribution in [3.8, 4) is 0 Å². The van der Waals surface area contributed by atoms with Crippen molar-refractivity contribution >= 4 is 11.9 Å². The largest absolute Gasteiger partial charge is 0.480 e. The summed E-state index contributed by atoms with van der Waals surface area (Å²) in [5, 5.41) is 11.2. The second kappa shape index (κ2) is 7.23. The summed E-state index contributed by atoms with van der Waals surface area (Å²) >= 11 is 0. The van der Waals surface area contributed by atoms with E-state index in [1.165, 1.54) is 0 Å². The zero-order valence-electron chi connectivity index (χ0n) is 9.32. The zero-order chi connectivity index (χ0) is 11.8. The van der Waals surface area contributed by atoms with Gasteiger partial charge in [-0.25, -0.2) is 4.79 Å². The summed E-state index contributed by atoms with van der Waals surface area (Å²) in [6.45, 7) is 4.05. The van der Waals surface area contributed by atoms with Gasteiger partial charge < -0.3 is 16.2 Å². The van der Waals surface area contributed by atoms with E-state index in [1.807, 2.05) is 0 Å². The van der Waals surface area contributed by atoms with Crippen LogP contribution >= 0.6 is 0 Å². The van der Waals surface area contributed by atoms with Crippen LogP contribution in [0.2, 0.25) is 0 Å². The molecule has 0 spiro atoms. The average Bonchev–Trinajstić information content (AvgIpc) is 2.21. The lowest BCUT2D eigenvalue weighted by Crippen LogP contribution is -2.42. The predicted molar refractivity (Wildman–Crippen MR) is 57.3 cm³/mol. The van der Waals surface area contributed by atoms with Gasteiger partial charge in [-0.15, -0.1) is 0 Å². The fraction of sp³-hybridized carbons (Fsp3) is 0.800. The lowest BCUT2D eigenvalue weighted by atomic mass is 10.0. The van der Waals surface area contributed by atoms with E-state index in [4.69, 9.17) is 10.8 Å². The van der Waals surface area contributed by atoms with Gasteiger partial charge in [-0.05, 0) is 25.8 Å². The maximum absolute atomic E-state index is 11.5. The van der Waals surface area contributed by atoms with Crippen molar-refractivity contribution < 1.29 is 14.7 Å². The smallest absolute Gasteiger partial charge is 0.326 e. The molecule has 88 valence electrons. The third-order valence-corrected chi connectivity index (χ3v) is 2.31. The van der Waals surface area contributed by atoms with Crippen molar-refractivity contribution in [3.63, 3.8) is 0 Å². The molecule has 0 fully saturated rings. The number of carboxylic acids is 1. The van der Waals surface area contributed by atoms with Crippen LogP contribution in [-0.4, -0.2) is 29.6 Å². The second-order valence-corrected chi connectivity index (χ2v) is 3.64. The molecule has 0 aliphatic heterocycles. The van der Waals surface area contributed by atoms with E-state index in [2.05, 4.69) is 5.32 Å². The average molecular weight is 216 g/mol. The van der Waals surface area contributed by atoms with E-state index in [-0.39, 0.29) is 11.8 Å². The van der Waals surface area contributed by atoms with Gasteiger partial charge in [0.25, 0.3) is 0 Å². The van der Waals surface area contributed by atoms with Gasteiger partial charge in [0, 0.05) is 5.92 Å². The summed E-state index contributed by atoms with van der Waals surface area (Å²) in [6.07, 6.45) is 1.86. The highest BCUT2D eigenvalue weighted by Crippen LogP contribution is 2.05. The summed E-state index contributed by atoms with van der Waals surface area (Å²) in [5.74, 6) is -1.38. The van der Waals surface area contributed by atoms with Crippen LogP contribution in [0.5, 0.6) is 0 Å². The Morgan fingerprint density at radius 2 is 2.07 bits per heavy atom. The number of hydrogen-bond donors (Lipinski definition) is 3. The molecule has 0 heterocycles. The Morgan fingerprint density at radius 1 is 1.47 bits per heavy atom. The first-order valence-electron chi connectivity index (χ1n) is 5.26. The van der Waals surface area contributed by atoms with Crippen LogP contribution in [0.1, 0.15) is 33.1 Å². The lowest BCUT2D eigenvalue weighted by Gasteiger charge is -2.16. The van der Waals surface area contributed by atoms with Crippen LogP contribution in [0.25, 0.3) is 0 Å². The van der Waals surface area contributed by atoms with Gasteiger partial charge in [0.05, 0.1) is 0 Å². The number of nitrogens with one attached hydrogen (secondary N) is 1. The first-order valence-corrected chi connectivity index (χ1v) is 5.26. The monoisotopic (exact) mass is 216 g/mol. The predicted octanol–water partition coefficient (Wildman–Crippen LogP) is 0.341. The van der Waals surface area contributed by atoms with Gasteiger partial charge in [-0.2, -0.15) is 0 Å². The van der Waals surface area contributed by atoms with Crippen LogP contribution in [-0.2, 0) is 9.59 Å². The number of carboxylic acid groups (broad SMARTS) is 1. The van der Waals surface area contributed by atoms with Crippen LogP contribution in [0.4, 0.5) is 0 Å². The number of aliphatic carboxylic acids is 1. The Morgan fingerprint density at radius 3 is 2.47 bits per heavy atom. The molecule has 0 radical (unpaired) electrons. The minimum Gasteiger partial charge on any atom is -0.480 e. The van der Waals surface area contributed by atoms with Gasteiger partial charge in [0.15, 0.2) is 0 Å². The molecule has 0 aliphatic rings. The molecule has 0 aromatic carbocycles. The minimum atomic E-state index is -0.989. The fourth-order valence-electron chi connectivity index (χ4n) is 1.21. The highest BCUT2D eigenvalue weighted by atomic mass is 16.4. The summed E-state index contributed by atoms with van der Waals surface area (Å²) in [4.78, 5) is 22.2. The number of nitrogens with two attached hydrogens (primary N) is 1. The van der Waals surface area contributed by atoms with Gasteiger partial charge in [0.2, 0.25) is 5.91 Å². The normalized spacial score (nSPS) is 14.3. The lowest BCUT2D eigenvalue weighted by molar-refractivity contribution is -0.142. The molecule has 0 aliphatic carbocycles. The molecule has 2 atom stereocenters. The van der Waals surface area contributed by atoms with Crippen molar-refractivity contribution in [2.45, 2.75) is 39.2 Å². The fourth-order valence-corrected chi connectivity index (χ4v) is 1.21. The maximum atomic E-state index is 11.5. The van der Waals surface area contributed by atoms with Crippen molar-refractivity contribution in [3.05, 3.63) is 0 Å². The van der Waals surface area contributed by atoms with E-state index in [0.29, 0.717) is 19.4 Å². The van der Waals surface area contributed by atoms with E-state index in [0.717, 1.165) is 6.42 Å². The molecule has 0 rings (SSSR count). The molecular formula is C10H20N2O3. The topological polar surface area (TPSA) is 92.4 Å². The van der Waals surface area contributed by atoms with Crippen LogP contribution in [0.15, 0.2) is 0 Å². The van der Waals surface area contributed by atoms with Gasteiger partial charge in [-0.3, -0.25) is 4.79 Å². The Kier molecular flexibility index (Phi) is 6.70. The maximum Gasteiger partial charge on any atom is 0.326 e. The minimum absolute atomic E-state index is 0.179. The molecule has 5 nitrogen and oxygen atoms in total. The van der Waals surface area contributed by atoms with Crippen LogP contribution in [0.3, 0.4) is 0 Å². The standard InChI is InChI=1S/C10H20N2O3/c1-3-8(10(14)15)12-9(13)7(2)5-4-6-11/h7-8H,3-6,11H2,1-2H3,(H,12,13)(H,14,15). The molecule has 4 N–H and O–H groups in total. The summed E-state index contributed by atoms with van der Waals surface area (Å²) in [5.41, 5.74) is 5.33. The Balaban J connectivity index is 4.04. The van der Waals surface area contributed by atoms with Gasteiger partial charge >= 0.3 is 5.97 Å². The zero-order valence-corrected chi connectivity index (χ0v) is 9.32. The number of hydrogen-bond acceptors (Lipinski definition) is 3. The number of carbonyl (C=O) groups excluding carboxylic acids is 1. The molecule has 1 amide bonds. The van der Waals surface area contributed by atoms with Crippen molar-refractivity contribution in [1.82, 2.24) is 5.32 Å². The van der Waals surface area contributed by atoms with E-state index >= 15 is 0 Å². The molecule has 0 aromatic rings. The van der Waals surface area contributed by atoms with Crippen molar-refractivity contribution in [2.24, 2.45) is 11.7 Å². The van der Waals surface area contributed by atoms with Gasteiger partial charge in [-0.1, -0.05) is 13.8 Å². The molecule has 0 saturated carbocycles. The molecule has 0 bridgehead atoms. The second-order valence-electron chi connectivity index (χ2n) is 3.64. The van der Waals surface area contributed by atoms with Crippen LogP contribution in [0, 0.1) is 5.92 Å². The summed E-state index contributed by atoms with van der Waals surface area (Å²) < 4.78 is 0. The van der Waals surface area contributed by atoms with E-state index < -0.39 is 12.0 Å². The van der Waals surface area contributed by atoms with E-state index in [1.54, 1.807) is 13.8 Å². The summed E-state index contributed by atoms with van der Waals surface area (Å²) in [6, 6.07) is -0.780. The van der Waals surface area contributed by atoms with Gasteiger partial charge in [0.1, 0.15) is 6.04 Å². The molecule has 2 unspecified atom stereocenters. The molecule has 0 aromatic heterocycles. The highest BCUT2D eigenvalue weighted by molar-refractivity contribution is 5.84. The molecule has 15 heavy (non-hydrogen) atoms. The number of rotatable bonds is 7. The Bertz CT molecular complexity index is 219. The third kappa shape index (κ3) is 5.37. The first-order chi connectivity index (χ1) is 7.02. The summed E-state index contributed by atoms with van der Waals surface area (Å²) in [7, 11) is 0. The first kappa shape index (κ1) is 13.9. The molecule has 5 heteroatoms. The Hall–Kier alpha value is -1.10. The quantitative estimate of drug-likeness (QED) is 0.572. The number of amides is 1. The third-order valence-electron chi connectivity index (χ3n) is 2.31.